The van der Waals surface area contributed by atoms with Crippen molar-refractivity contribution < 1.29 is 0 Å². The van der Waals surface area contributed by atoms with Crippen LogP contribution in [0.25, 0.3) is 55.6 Å². The van der Waals surface area contributed by atoms with Crippen LogP contribution in [-0.2, 0) is 5.41 Å². The monoisotopic (exact) mass is 789 g/mol. The molecule has 0 aromatic heterocycles. The van der Waals surface area contributed by atoms with Crippen LogP contribution in [0.3, 0.4) is 0 Å². The highest BCUT2D eigenvalue weighted by Gasteiger charge is 2.46. The molecule has 0 N–H and O–H groups in total. The molecule has 10 aromatic rings. The number of hydrogen-bond acceptors (Lipinski definition) is 1. The standard InChI is InChI=1S/C61H43N/c1-6-18-44(19-7-1)49-36-40-55(47-20-8-2-9-21-47)58(42-49)48-32-30-45(31-33-48)46-34-37-53(38-35-46)62(52-26-14-5-15-27-52)54-39-41-57-56-28-16-17-29-59(56)61(60(57)43-54,50-22-10-3-11-23-50)51-24-12-4-13-25-51/h1-43H. The molecule has 11 rings (SSSR count). The fourth-order valence-corrected chi connectivity index (χ4v) is 9.70. The van der Waals surface area contributed by atoms with Crippen LogP contribution in [0.1, 0.15) is 22.3 Å². The Bertz CT molecular complexity index is 3080. The third kappa shape index (κ3) is 6.43. The van der Waals surface area contributed by atoms with Gasteiger partial charge in [0.2, 0.25) is 0 Å². The maximum absolute atomic E-state index is 2.44. The molecule has 0 heterocycles. The summed E-state index contributed by atoms with van der Waals surface area (Å²) >= 11 is 0. The highest BCUT2D eigenvalue weighted by molar-refractivity contribution is 5.91. The van der Waals surface area contributed by atoms with E-state index < -0.39 is 5.41 Å². The molecule has 10 aromatic carbocycles. The van der Waals surface area contributed by atoms with Gasteiger partial charge in [-0.15, -0.1) is 0 Å². The molecule has 0 spiro atoms. The first kappa shape index (κ1) is 37.0. The summed E-state index contributed by atoms with van der Waals surface area (Å²) < 4.78 is 0. The predicted octanol–water partition coefficient (Wildman–Crippen LogP) is 16.2. The van der Waals surface area contributed by atoms with Gasteiger partial charge >= 0.3 is 0 Å². The molecule has 0 atom stereocenters. The molecular weight excluding hydrogens is 747 g/mol. The summed E-state index contributed by atoms with van der Waals surface area (Å²) in [6, 6.07) is 95.1. The third-order valence-electron chi connectivity index (χ3n) is 12.6. The lowest BCUT2D eigenvalue weighted by Gasteiger charge is -2.35. The van der Waals surface area contributed by atoms with E-state index in [4.69, 9.17) is 0 Å². The SMILES string of the molecule is c1ccc(-c2ccc(-c3ccccc3)c(-c3ccc(-c4ccc(N(c5ccccc5)c5ccc6c(c5)C(c5ccccc5)(c5ccccc5)c5ccccc5-6)cc4)cc3)c2)cc1. The third-order valence-corrected chi connectivity index (χ3v) is 12.6. The fourth-order valence-electron chi connectivity index (χ4n) is 9.70. The molecule has 1 nitrogen and oxygen atoms in total. The Morgan fingerprint density at radius 2 is 0.629 bits per heavy atom. The zero-order valence-electron chi connectivity index (χ0n) is 34.3. The zero-order valence-corrected chi connectivity index (χ0v) is 34.3. The van der Waals surface area contributed by atoms with E-state index >= 15 is 0 Å². The highest BCUT2D eigenvalue weighted by Crippen LogP contribution is 2.57. The van der Waals surface area contributed by atoms with Crippen LogP contribution in [-0.4, -0.2) is 0 Å². The first-order chi connectivity index (χ1) is 30.8. The molecule has 0 bridgehead atoms. The summed E-state index contributed by atoms with van der Waals surface area (Å²) in [5.41, 5.74) is 20.1. The average molecular weight is 790 g/mol. The van der Waals surface area contributed by atoms with Crippen molar-refractivity contribution >= 4 is 17.1 Å². The molecule has 1 heteroatoms. The number of para-hydroxylation sites is 1. The van der Waals surface area contributed by atoms with Gasteiger partial charge in [-0.25, -0.2) is 0 Å². The molecule has 1 aliphatic rings. The first-order valence-corrected chi connectivity index (χ1v) is 21.4. The van der Waals surface area contributed by atoms with Crippen LogP contribution in [0.15, 0.2) is 261 Å². The van der Waals surface area contributed by atoms with Crippen LogP contribution in [0.4, 0.5) is 17.1 Å². The van der Waals surface area contributed by atoms with Crippen LogP contribution in [0.2, 0.25) is 0 Å². The minimum atomic E-state index is -0.479. The summed E-state index contributed by atoms with van der Waals surface area (Å²) in [6.07, 6.45) is 0. The summed E-state index contributed by atoms with van der Waals surface area (Å²) in [6.45, 7) is 0. The van der Waals surface area contributed by atoms with Crippen molar-refractivity contribution in [1.82, 2.24) is 0 Å². The van der Waals surface area contributed by atoms with E-state index in [9.17, 15) is 0 Å². The van der Waals surface area contributed by atoms with Crippen LogP contribution in [0, 0.1) is 0 Å². The fraction of sp³-hybridized carbons (Fsp3) is 0.0164. The smallest absolute Gasteiger partial charge is 0.0714 e. The second-order valence-electron chi connectivity index (χ2n) is 16.0. The Balaban J connectivity index is 0.985. The highest BCUT2D eigenvalue weighted by atomic mass is 15.1. The van der Waals surface area contributed by atoms with E-state index in [1.807, 2.05) is 0 Å². The van der Waals surface area contributed by atoms with Crippen molar-refractivity contribution in [2.24, 2.45) is 0 Å². The number of hydrogen-bond donors (Lipinski definition) is 0. The Kier molecular flexibility index (Phi) is 9.48. The van der Waals surface area contributed by atoms with E-state index in [-0.39, 0.29) is 0 Å². The summed E-state index contributed by atoms with van der Waals surface area (Å²) in [4.78, 5) is 2.39. The van der Waals surface area contributed by atoms with Crippen molar-refractivity contribution in [3.63, 3.8) is 0 Å². The topological polar surface area (TPSA) is 3.24 Å². The second-order valence-corrected chi connectivity index (χ2v) is 16.0. The minimum Gasteiger partial charge on any atom is -0.310 e. The minimum absolute atomic E-state index is 0.479. The van der Waals surface area contributed by atoms with Gasteiger partial charge in [-0.05, 0) is 120 Å². The lowest BCUT2D eigenvalue weighted by molar-refractivity contribution is 0.768. The second kappa shape index (κ2) is 15.9. The number of anilines is 3. The molecule has 0 fully saturated rings. The number of nitrogens with zero attached hydrogens (tertiary/aromatic N) is 1. The maximum atomic E-state index is 2.44. The van der Waals surface area contributed by atoms with Crippen LogP contribution < -0.4 is 4.90 Å². The van der Waals surface area contributed by atoms with Crippen molar-refractivity contribution in [2.75, 3.05) is 4.90 Å². The molecule has 0 amide bonds. The van der Waals surface area contributed by atoms with Gasteiger partial charge in [0.05, 0.1) is 5.41 Å². The molecule has 62 heavy (non-hydrogen) atoms. The van der Waals surface area contributed by atoms with Gasteiger partial charge in [0, 0.05) is 17.1 Å². The number of fused-ring (bicyclic) bond motifs is 3. The zero-order chi connectivity index (χ0) is 41.3. The van der Waals surface area contributed by atoms with Crippen molar-refractivity contribution in [2.45, 2.75) is 5.41 Å². The molecule has 0 saturated heterocycles. The van der Waals surface area contributed by atoms with E-state index in [1.54, 1.807) is 0 Å². The Morgan fingerprint density at radius 3 is 1.26 bits per heavy atom. The van der Waals surface area contributed by atoms with Gasteiger partial charge in [-0.1, -0.05) is 218 Å². The number of rotatable bonds is 9. The number of benzene rings is 10. The molecule has 292 valence electrons. The normalized spacial score (nSPS) is 12.3. The van der Waals surface area contributed by atoms with Gasteiger partial charge in [-0.2, -0.15) is 0 Å². The van der Waals surface area contributed by atoms with E-state index in [2.05, 4.69) is 266 Å². The summed E-state index contributed by atoms with van der Waals surface area (Å²) in [7, 11) is 0. The van der Waals surface area contributed by atoms with E-state index in [1.165, 1.54) is 77.9 Å². The molecule has 0 saturated carbocycles. The van der Waals surface area contributed by atoms with Gasteiger partial charge < -0.3 is 4.90 Å². The van der Waals surface area contributed by atoms with Gasteiger partial charge in [0.15, 0.2) is 0 Å². The quantitative estimate of drug-likeness (QED) is 0.141. The maximum Gasteiger partial charge on any atom is 0.0714 e. The van der Waals surface area contributed by atoms with Crippen LogP contribution >= 0.6 is 0 Å². The van der Waals surface area contributed by atoms with Crippen molar-refractivity contribution in [1.29, 1.82) is 0 Å². The van der Waals surface area contributed by atoms with Crippen LogP contribution in [0.5, 0.6) is 0 Å². The lowest BCUT2D eigenvalue weighted by Crippen LogP contribution is -2.28. The molecule has 1 aliphatic carbocycles. The van der Waals surface area contributed by atoms with E-state index in [0.29, 0.717) is 0 Å². The largest absolute Gasteiger partial charge is 0.310 e. The van der Waals surface area contributed by atoms with E-state index in [0.717, 1.165) is 17.1 Å². The Labute approximate surface area is 364 Å². The summed E-state index contributed by atoms with van der Waals surface area (Å²) in [5, 5.41) is 0. The molecule has 0 unspecified atom stereocenters. The predicted molar refractivity (Wildman–Crippen MR) is 260 cm³/mol. The van der Waals surface area contributed by atoms with Crippen molar-refractivity contribution in [3.05, 3.63) is 283 Å². The molecular formula is C61H43N. The first-order valence-electron chi connectivity index (χ1n) is 21.4. The van der Waals surface area contributed by atoms with Crippen molar-refractivity contribution in [3.8, 4) is 55.6 Å². The lowest BCUT2D eigenvalue weighted by atomic mass is 9.67. The Morgan fingerprint density at radius 1 is 0.226 bits per heavy atom. The molecule has 0 radical (unpaired) electrons. The average Bonchev–Trinajstić information content (AvgIpc) is 3.66. The van der Waals surface area contributed by atoms with Gasteiger partial charge in [-0.3, -0.25) is 0 Å². The van der Waals surface area contributed by atoms with Gasteiger partial charge in [0.25, 0.3) is 0 Å². The van der Waals surface area contributed by atoms with Gasteiger partial charge in [0.1, 0.15) is 0 Å². The molecule has 0 aliphatic heterocycles. The summed E-state index contributed by atoms with van der Waals surface area (Å²) in [5.74, 6) is 0. The Hall–Kier alpha value is -8.00.